The molecule has 0 saturated carbocycles. The van der Waals surface area contributed by atoms with Gasteiger partial charge in [0.05, 0.1) is 11.6 Å². The average molecular weight is 393 g/mol. The van der Waals surface area contributed by atoms with E-state index in [9.17, 15) is 9.59 Å². The van der Waals surface area contributed by atoms with Crippen molar-refractivity contribution in [3.8, 4) is 5.75 Å². The lowest BCUT2D eigenvalue weighted by atomic mass is 9.99. The molecule has 0 aliphatic heterocycles. The maximum absolute atomic E-state index is 12.0. The minimum atomic E-state index is -0.681. The molecule has 22 heavy (non-hydrogen) atoms. The first-order chi connectivity index (χ1) is 10.4. The van der Waals surface area contributed by atoms with Crippen LogP contribution in [0.2, 0.25) is 5.02 Å². The zero-order valence-corrected chi connectivity index (χ0v) is 15.0. The van der Waals surface area contributed by atoms with E-state index < -0.39 is 17.9 Å². The van der Waals surface area contributed by atoms with Crippen molar-refractivity contribution in [2.24, 2.45) is 5.92 Å². The minimum Gasteiger partial charge on any atom is -0.483 e. The number of amides is 1. The van der Waals surface area contributed by atoms with E-state index in [4.69, 9.17) is 21.1 Å². The van der Waals surface area contributed by atoms with E-state index in [-0.39, 0.29) is 12.5 Å². The smallest absolute Gasteiger partial charge is 0.328 e. The van der Waals surface area contributed by atoms with E-state index in [0.717, 1.165) is 6.42 Å². The van der Waals surface area contributed by atoms with Gasteiger partial charge in [-0.05, 0) is 40.0 Å². The van der Waals surface area contributed by atoms with Crippen LogP contribution in [0.1, 0.15) is 20.3 Å². The van der Waals surface area contributed by atoms with Gasteiger partial charge in [-0.15, -0.1) is 0 Å². The molecule has 0 radical (unpaired) electrons. The number of halogens is 2. The van der Waals surface area contributed by atoms with E-state index >= 15 is 0 Å². The van der Waals surface area contributed by atoms with Crippen molar-refractivity contribution in [2.75, 3.05) is 13.7 Å². The zero-order chi connectivity index (χ0) is 16.7. The van der Waals surface area contributed by atoms with Gasteiger partial charge in [0.2, 0.25) is 0 Å². The Morgan fingerprint density at radius 1 is 1.41 bits per heavy atom. The molecule has 1 N–H and O–H groups in total. The summed E-state index contributed by atoms with van der Waals surface area (Å²) in [6.07, 6.45) is 0.740. The van der Waals surface area contributed by atoms with E-state index in [1.54, 1.807) is 18.2 Å². The molecule has 1 rings (SSSR count). The molecule has 1 amide bonds. The number of hydrogen-bond acceptors (Lipinski definition) is 4. The third-order valence-electron chi connectivity index (χ3n) is 3.24. The van der Waals surface area contributed by atoms with Crippen molar-refractivity contribution in [3.05, 3.63) is 27.7 Å². The summed E-state index contributed by atoms with van der Waals surface area (Å²) in [5.41, 5.74) is 0. The Bertz CT molecular complexity index is 538. The van der Waals surface area contributed by atoms with Crippen LogP contribution in [0.5, 0.6) is 5.75 Å². The summed E-state index contributed by atoms with van der Waals surface area (Å²) >= 11 is 9.14. The number of benzene rings is 1. The van der Waals surface area contributed by atoms with E-state index in [1.165, 1.54) is 7.11 Å². The van der Waals surface area contributed by atoms with Gasteiger partial charge in [-0.25, -0.2) is 4.79 Å². The molecule has 2 atom stereocenters. The number of hydrogen-bond donors (Lipinski definition) is 1. The fourth-order valence-electron chi connectivity index (χ4n) is 1.75. The summed E-state index contributed by atoms with van der Waals surface area (Å²) in [5.74, 6) is -0.385. The zero-order valence-electron chi connectivity index (χ0n) is 12.7. The third kappa shape index (κ3) is 5.50. The highest BCUT2D eigenvalue weighted by molar-refractivity contribution is 9.10. The predicted octanol–water partition coefficient (Wildman–Crippen LogP) is 3.19. The van der Waals surface area contributed by atoms with Crippen LogP contribution in [0.3, 0.4) is 0 Å². The molecule has 0 saturated heterocycles. The predicted molar refractivity (Wildman–Crippen MR) is 88.0 cm³/mol. The minimum absolute atomic E-state index is 0.0290. The molecule has 0 heterocycles. The second-order valence-corrected chi connectivity index (χ2v) is 6.11. The molecule has 0 aromatic heterocycles. The van der Waals surface area contributed by atoms with Crippen molar-refractivity contribution in [3.63, 3.8) is 0 Å². The highest BCUT2D eigenvalue weighted by Crippen LogP contribution is 2.27. The Labute approximate surface area is 143 Å². The van der Waals surface area contributed by atoms with Gasteiger partial charge in [0.15, 0.2) is 6.61 Å². The van der Waals surface area contributed by atoms with Gasteiger partial charge in [-0.1, -0.05) is 31.9 Å². The summed E-state index contributed by atoms with van der Waals surface area (Å²) < 4.78 is 10.8. The van der Waals surface area contributed by atoms with Crippen molar-refractivity contribution in [1.82, 2.24) is 5.32 Å². The number of ether oxygens (including phenoxy) is 2. The van der Waals surface area contributed by atoms with Crippen LogP contribution >= 0.6 is 27.5 Å². The Morgan fingerprint density at radius 2 is 2.09 bits per heavy atom. The van der Waals surface area contributed by atoms with Gasteiger partial charge < -0.3 is 14.8 Å². The van der Waals surface area contributed by atoms with Crippen LogP contribution in [-0.2, 0) is 14.3 Å². The molecule has 7 heteroatoms. The van der Waals surface area contributed by atoms with Crippen LogP contribution in [0.25, 0.3) is 0 Å². The number of esters is 1. The largest absolute Gasteiger partial charge is 0.483 e. The molecule has 1 aromatic carbocycles. The SMILES string of the molecule is CC[C@@H](C)[C@@H](NC(=O)COc1ccc(Cl)cc1Br)C(=O)OC. The first kappa shape index (κ1) is 18.8. The highest BCUT2D eigenvalue weighted by Gasteiger charge is 2.26. The normalized spacial score (nSPS) is 13.1. The van der Waals surface area contributed by atoms with Gasteiger partial charge in [0, 0.05) is 5.02 Å². The second kappa shape index (κ2) is 9.00. The summed E-state index contributed by atoms with van der Waals surface area (Å²) in [6.45, 7) is 3.61. The number of nitrogens with one attached hydrogen (secondary N) is 1. The van der Waals surface area contributed by atoms with Crippen molar-refractivity contribution in [1.29, 1.82) is 0 Å². The Morgan fingerprint density at radius 3 is 2.64 bits per heavy atom. The number of carbonyl (C=O) groups excluding carboxylic acids is 2. The Kier molecular flexibility index (Phi) is 7.68. The molecule has 5 nitrogen and oxygen atoms in total. The number of carbonyl (C=O) groups is 2. The first-order valence-electron chi connectivity index (χ1n) is 6.84. The van der Waals surface area contributed by atoms with Crippen molar-refractivity contribution in [2.45, 2.75) is 26.3 Å². The van der Waals surface area contributed by atoms with Crippen LogP contribution in [0.15, 0.2) is 22.7 Å². The number of methoxy groups -OCH3 is 1. The summed E-state index contributed by atoms with van der Waals surface area (Å²) in [5, 5.41) is 3.20. The summed E-state index contributed by atoms with van der Waals surface area (Å²) in [7, 11) is 1.30. The lowest BCUT2D eigenvalue weighted by Crippen LogP contribution is -2.47. The fraction of sp³-hybridized carbons (Fsp3) is 0.467. The van der Waals surface area contributed by atoms with Gasteiger partial charge in [0.25, 0.3) is 5.91 Å². The monoisotopic (exact) mass is 391 g/mol. The molecule has 0 spiro atoms. The van der Waals surface area contributed by atoms with Crippen LogP contribution < -0.4 is 10.1 Å². The molecule has 0 unspecified atom stereocenters. The summed E-state index contributed by atoms with van der Waals surface area (Å²) in [4.78, 5) is 23.7. The molecule has 0 fully saturated rings. The fourth-order valence-corrected chi connectivity index (χ4v) is 2.54. The Hall–Kier alpha value is -1.27. The van der Waals surface area contributed by atoms with E-state index in [2.05, 4.69) is 21.2 Å². The maximum Gasteiger partial charge on any atom is 0.328 e. The molecular weight excluding hydrogens is 374 g/mol. The molecule has 0 bridgehead atoms. The van der Waals surface area contributed by atoms with Gasteiger partial charge >= 0.3 is 5.97 Å². The summed E-state index contributed by atoms with van der Waals surface area (Å²) in [6, 6.07) is 4.31. The van der Waals surface area contributed by atoms with Crippen molar-refractivity contribution < 1.29 is 19.1 Å². The van der Waals surface area contributed by atoms with E-state index in [1.807, 2.05) is 13.8 Å². The third-order valence-corrected chi connectivity index (χ3v) is 4.09. The van der Waals surface area contributed by atoms with E-state index in [0.29, 0.717) is 15.2 Å². The molecule has 0 aliphatic carbocycles. The topological polar surface area (TPSA) is 64.6 Å². The highest BCUT2D eigenvalue weighted by atomic mass is 79.9. The number of rotatable bonds is 7. The van der Waals surface area contributed by atoms with Crippen LogP contribution in [-0.4, -0.2) is 31.6 Å². The maximum atomic E-state index is 12.0. The molecule has 0 aliphatic rings. The van der Waals surface area contributed by atoms with Crippen molar-refractivity contribution >= 4 is 39.4 Å². The quantitative estimate of drug-likeness (QED) is 0.724. The van der Waals surface area contributed by atoms with Crippen LogP contribution in [0.4, 0.5) is 0 Å². The molecule has 122 valence electrons. The van der Waals surface area contributed by atoms with Crippen LogP contribution in [0, 0.1) is 5.92 Å². The van der Waals surface area contributed by atoms with Gasteiger partial charge in [0.1, 0.15) is 11.8 Å². The van der Waals surface area contributed by atoms with Gasteiger partial charge in [-0.3, -0.25) is 4.79 Å². The first-order valence-corrected chi connectivity index (χ1v) is 8.01. The van der Waals surface area contributed by atoms with Gasteiger partial charge in [-0.2, -0.15) is 0 Å². The molecular formula is C15H19BrClNO4. The Balaban J connectivity index is 2.62. The molecule has 1 aromatic rings. The lowest BCUT2D eigenvalue weighted by Gasteiger charge is -2.21. The second-order valence-electron chi connectivity index (χ2n) is 4.82. The lowest BCUT2D eigenvalue weighted by molar-refractivity contribution is -0.146. The standard InChI is InChI=1S/C15H19BrClNO4/c1-4-9(2)14(15(20)21-3)18-13(19)8-22-12-6-5-10(17)7-11(12)16/h5-7,9,14H,4,8H2,1-3H3,(H,18,19)/t9-,14-/m1/s1. The average Bonchev–Trinajstić information content (AvgIpc) is 2.50.